The zero-order valence-corrected chi connectivity index (χ0v) is 13.4. The van der Waals surface area contributed by atoms with Crippen LogP contribution in [0, 0.1) is 10.1 Å². The van der Waals surface area contributed by atoms with Crippen LogP contribution in [0.2, 0.25) is 0 Å². The van der Waals surface area contributed by atoms with Crippen molar-refractivity contribution in [2.24, 2.45) is 0 Å². The van der Waals surface area contributed by atoms with E-state index in [1.54, 1.807) is 13.8 Å². The highest BCUT2D eigenvalue weighted by Crippen LogP contribution is 2.55. The van der Waals surface area contributed by atoms with Gasteiger partial charge < -0.3 is 14.5 Å². The van der Waals surface area contributed by atoms with Crippen LogP contribution in [0.25, 0.3) is 0 Å². The molecule has 1 aromatic rings. The van der Waals surface area contributed by atoms with E-state index in [1.807, 2.05) is 0 Å². The molecule has 0 spiro atoms. The van der Waals surface area contributed by atoms with Crippen molar-refractivity contribution < 1.29 is 24.0 Å². The average Bonchev–Trinajstić information content (AvgIpc) is 2.35. The number of benzene rings is 1. The predicted molar refractivity (Wildman–Crippen MR) is 76.8 cm³/mol. The minimum absolute atomic E-state index is 0.0288. The van der Waals surface area contributed by atoms with Gasteiger partial charge in [0.1, 0.15) is 0 Å². The minimum Gasteiger partial charge on any atom is -0.467 e. The molecule has 0 amide bonds. The molecular weight excluding hydrogens is 353 g/mol. The molecule has 0 saturated heterocycles. The Kier molecular flexibility index (Phi) is 5.32. The Morgan fingerprint density at radius 3 is 2.35 bits per heavy atom. The molecule has 0 saturated carbocycles. The Morgan fingerprint density at radius 1 is 1.40 bits per heavy atom. The van der Waals surface area contributed by atoms with Crippen molar-refractivity contribution in [2.45, 2.75) is 32.0 Å². The summed E-state index contributed by atoms with van der Waals surface area (Å²) >= 11 is 3.10. The van der Waals surface area contributed by atoms with E-state index in [0.717, 1.165) is 0 Å². The van der Waals surface area contributed by atoms with Crippen LogP contribution < -0.4 is 4.74 Å². The number of hydrogen-bond acceptors (Lipinski definition) is 4. The lowest BCUT2D eigenvalue weighted by atomic mass is 10.2. The highest BCUT2D eigenvalue weighted by atomic mass is 79.9. The van der Waals surface area contributed by atoms with Gasteiger partial charge >= 0.3 is 13.3 Å². The first kappa shape index (κ1) is 17.1. The van der Waals surface area contributed by atoms with Gasteiger partial charge in [-0.25, -0.2) is 0 Å². The largest absolute Gasteiger partial charge is 0.467 e. The SMILES string of the molecule is CCC(CC)(Oc1ccc(Br)cc1[N+](=O)[O-])P(=O)(O)O. The van der Waals surface area contributed by atoms with Gasteiger partial charge in [0.05, 0.1) is 4.92 Å². The molecule has 1 aromatic carbocycles. The fourth-order valence-electron chi connectivity index (χ4n) is 1.79. The second-order valence-corrected chi connectivity index (χ2v) is 6.99. The topological polar surface area (TPSA) is 110 Å². The number of halogens is 1. The fraction of sp³-hybridized carbons (Fsp3) is 0.455. The predicted octanol–water partition coefficient (Wildman–Crippen LogP) is 3.43. The van der Waals surface area contributed by atoms with Gasteiger partial charge in [-0.05, 0) is 25.0 Å². The normalized spacial score (nSPS) is 12.2. The molecule has 0 unspecified atom stereocenters. The van der Waals surface area contributed by atoms with E-state index >= 15 is 0 Å². The second kappa shape index (κ2) is 6.22. The van der Waals surface area contributed by atoms with Crippen LogP contribution in [0.1, 0.15) is 26.7 Å². The van der Waals surface area contributed by atoms with E-state index in [9.17, 15) is 24.5 Å². The molecule has 0 fully saturated rings. The Hall–Kier alpha value is -0.950. The summed E-state index contributed by atoms with van der Waals surface area (Å²) in [7, 11) is -4.59. The van der Waals surface area contributed by atoms with Crippen LogP contribution in [-0.2, 0) is 4.57 Å². The van der Waals surface area contributed by atoms with Crippen LogP contribution in [0.4, 0.5) is 5.69 Å². The monoisotopic (exact) mass is 367 g/mol. The van der Waals surface area contributed by atoms with Crippen LogP contribution in [0.15, 0.2) is 22.7 Å². The smallest absolute Gasteiger partial charge is 0.368 e. The highest BCUT2D eigenvalue weighted by Gasteiger charge is 2.47. The Balaban J connectivity index is 3.32. The van der Waals surface area contributed by atoms with E-state index in [1.165, 1.54) is 18.2 Å². The maximum atomic E-state index is 11.7. The second-order valence-electron chi connectivity index (χ2n) is 4.17. The molecule has 9 heteroatoms. The number of rotatable bonds is 6. The third-order valence-electron chi connectivity index (χ3n) is 3.05. The first-order valence-electron chi connectivity index (χ1n) is 5.85. The number of nitro groups is 1. The molecule has 7 nitrogen and oxygen atoms in total. The molecule has 20 heavy (non-hydrogen) atoms. The van der Waals surface area contributed by atoms with Crippen molar-refractivity contribution in [3.05, 3.63) is 32.8 Å². The molecule has 0 radical (unpaired) electrons. The van der Waals surface area contributed by atoms with Gasteiger partial charge in [0.15, 0.2) is 5.75 Å². The van der Waals surface area contributed by atoms with E-state index in [-0.39, 0.29) is 24.3 Å². The number of nitro benzene ring substituents is 1. The third kappa shape index (κ3) is 3.38. The van der Waals surface area contributed by atoms with Gasteiger partial charge in [-0.2, -0.15) is 0 Å². The van der Waals surface area contributed by atoms with Crippen LogP contribution in [0.5, 0.6) is 5.75 Å². The maximum absolute atomic E-state index is 11.7. The summed E-state index contributed by atoms with van der Waals surface area (Å²) in [6, 6.07) is 4.06. The van der Waals surface area contributed by atoms with E-state index in [4.69, 9.17) is 4.74 Å². The number of nitrogens with zero attached hydrogens (tertiary/aromatic N) is 1. The summed E-state index contributed by atoms with van der Waals surface area (Å²) in [4.78, 5) is 29.3. The molecule has 2 N–H and O–H groups in total. The first-order chi connectivity index (χ1) is 9.16. The molecule has 0 bridgehead atoms. The fourth-order valence-corrected chi connectivity index (χ4v) is 3.18. The standard InChI is InChI=1S/C11H15BrNO6P/c1-3-11(4-2,20(16,17)18)19-10-6-5-8(12)7-9(10)13(14)15/h5-7H,3-4H2,1-2H3,(H2,16,17,18). The average molecular weight is 368 g/mol. The van der Waals surface area contributed by atoms with Crippen LogP contribution >= 0.6 is 23.5 Å². The summed E-state index contributed by atoms with van der Waals surface area (Å²) in [5.41, 5.74) is -0.348. The van der Waals surface area contributed by atoms with Crippen LogP contribution in [-0.4, -0.2) is 20.1 Å². The number of hydrogen-bond donors (Lipinski definition) is 2. The minimum atomic E-state index is -4.59. The van der Waals surface area contributed by atoms with Gasteiger partial charge in [-0.15, -0.1) is 0 Å². The van der Waals surface area contributed by atoms with Crippen molar-refractivity contribution >= 4 is 29.2 Å². The molecular formula is C11H15BrNO6P. The molecule has 0 aliphatic carbocycles. The summed E-state index contributed by atoms with van der Waals surface area (Å²) < 4.78 is 17.5. The lowest BCUT2D eigenvalue weighted by molar-refractivity contribution is -0.386. The Labute approximate surface area is 124 Å². The molecule has 0 atom stereocenters. The van der Waals surface area contributed by atoms with Crippen molar-refractivity contribution in [1.29, 1.82) is 0 Å². The summed E-state index contributed by atoms with van der Waals surface area (Å²) in [5, 5.41) is 9.24. The van der Waals surface area contributed by atoms with Gasteiger partial charge in [0.25, 0.3) is 0 Å². The first-order valence-corrected chi connectivity index (χ1v) is 8.26. The summed E-state index contributed by atoms with van der Waals surface area (Å²) in [6.45, 7) is 3.13. The lowest BCUT2D eigenvalue weighted by Gasteiger charge is -2.32. The molecule has 112 valence electrons. The molecule has 1 rings (SSSR count). The molecule has 0 aliphatic rings. The van der Waals surface area contributed by atoms with Gasteiger partial charge in [-0.3, -0.25) is 14.7 Å². The van der Waals surface area contributed by atoms with Crippen molar-refractivity contribution in [3.8, 4) is 5.75 Å². The Bertz CT molecular complexity index is 554. The quantitative estimate of drug-likeness (QED) is 0.452. The number of ether oxygens (including phenoxy) is 1. The lowest BCUT2D eigenvalue weighted by Crippen LogP contribution is -2.34. The van der Waals surface area contributed by atoms with Crippen LogP contribution in [0.3, 0.4) is 0 Å². The molecule has 0 heterocycles. The molecule has 0 aliphatic heterocycles. The maximum Gasteiger partial charge on any atom is 0.368 e. The van der Waals surface area contributed by atoms with E-state index in [2.05, 4.69) is 15.9 Å². The molecule has 0 aromatic heterocycles. The van der Waals surface area contributed by atoms with Gasteiger partial charge in [0, 0.05) is 10.5 Å². The van der Waals surface area contributed by atoms with E-state index in [0.29, 0.717) is 4.47 Å². The van der Waals surface area contributed by atoms with E-state index < -0.39 is 17.9 Å². The third-order valence-corrected chi connectivity index (χ3v) is 5.33. The van der Waals surface area contributed by atoms with Crippen molar-refractivity contribution in [3.63, 3.8) is 0 Å². The summed E-state index contributed by atoms with van der Waals surface area (Å²) in [5.74, 6) is -0.162. The summed E-state index contributed by atoms with van der Waals surface area (Å²) in [6.07, 6.45) is 0.0575. The van der Waals surface area contributed by atoms with Gasteiger partial charge in [0.2, 0.25) is 5.34 Å². The zero-order chi connectivity index (χ0) is 15.6. The van der Waals surface area contributed by atoms with Crippen molar-refractivity contribution in [2.75, 3.05) is 0 Å². The zero-order valence-electron chi connectivity index (χ0n) is 10.9. The Morgan fingerprint density at radius 2 is 1.95 bits per heavy atom. The highest BCUT2D eigenvalue weighted by molar-refractivity contribution is 9.10. The van der Waals surface area contributed by atoms with Gasteiger partial charge in [-0.1, -0.05) is 29.8 Å². The van der Waals surface area contributed by atoms with Crippen molar-refractivity contribution in [1.82, 2.24) is 0 Å².